The summed E-state index contributed by atoms with van der Waals surface area (Å²) in [6.07, 6.45) is 0. The smallest absolute Gasteiger partial charge is 0.0639 e. The van der Waals surface area contributed by atoms with Gasteiger partial charge in [0.15, 0.2) is 0 Å². The van der Waals surface area contributed by atoms with E-state index in [1.165, 1.54) is 0 Å². The number of nitrogens with one attached hydrogen (secondary N) is 1. The van der Waals surface area contributed by atoms with Crippen molar-refractivity contribution in [1.29, 1.82) is 0 Å². The molecule has 0 saturated carbocycles. The van der Waals surface area contributed by atoms with E-state index < -0.39 is 0 Å². The maximum atomic E-state index is 9.05. The van der Waals surface area contributed by atoms with E-state index in [9.17, 15) is 0 Å². The lowest BCUT2D eigenvalue weighted by molar-refractivity contribution is 0.103. The van der Waals surface area contributed by atoms with Crippen LogP contribution < -0.4 is 5.32 Å². The van der Waals surface area contributed by atoms with Crippen LogP contribution in [0.5, 0.6) is 0 Å². The Balaban J connectivity index is 3.86. The highest BCUT2D eigenvalue weighted by atomic mass is 16.5. The van der Waals surface area contributed by atoms with Crippen LogP contribution in [-0.4, -0.2) is 37.5 Å². The summed E-state index contributed by atoms with van der Waals surface area (Å²) in [6, 6.07) is 0. The highest BCUT2D eigenvalue weighted by Gasteiger charge is 2.22. The number of hydrogen-bond donors (Lipinski definition) is 2. The normalized spacial score (nSPS) is 13.4. The first kappa shape index (κ1) is 12.9. The van der Waals surface area contributed by atoms with Crippen LogP contribution in [0.1, 0.15) is 27.7 Å². The molecule has 0 aliphatic heterocycles. The van der Waals surface area contributed by atoms with Gasteiger partial charge in [0.1, 0.15) is 0 Å². The molecule has 0 radical (unpaired) electrons. The molecule has 2 N–H and O–H groups in total. The van der Waals surface area contributed by atoms with Crippen molar-refractivity contribution in [3.8, 4) is 0 Å². The SMILES string of the molecule is COCC(C)(C)NCC(C)(C)CO. The van der Waals surface area contributed by atoms with Gasteiger partial charge >= 0.3 is 0 Å². The fourth-order valence-corrected chi connectivity index (χ4v) is 0.946. The van der Waals surface area contributed by atoms with Gasteiger partial charge in [-0.15, -0.1) is 0 Å². The van der Waals surface area contributed by atoms with Crippen LogP contribution in [0.25, 0.3) is 0 Å². The van der Waals surface area contributed by atoms with Gasteiger partial charge in [-0.3, -0.25) is 0 Å². The van der Waals surface area contributed by atoms with Gasteiger partial charge in [-0.2, -0.15) is 0 Å². The third kappa shape index (κ3) is 6.02. The molecule has 0 atom stereocenters. The molecule has 0 saturated heterocycles. The van der Waals surface area contributed by atoms with E-state index in [1.54, 1.807) is 7.11 Å². The zero-order valence-electron chi connectivity index (χ0n) is 9.48. The van der Waals surface area contributed by atoms with Crippen molar-refractivity contribution in [2.75, 3.05) is 26.9 Å². The van der Waals surface area contributed by atoms with Crippen LogP contribution in [0, 0.1) is 5.41 Å². The summed E-state index contributed by atoms with van der Waals surface area (Å²) >= 11 is 0. The molecule has 0 aliphatic carbocycles. The predicted octanol–water partition coefficient (Wildman–Crippen LogP) is 1.02. The molecule has 0 rings (SSSR count). The first-order valence-electron chi connectivity index (χ1n) is 4.68. The molecule has 0 aliphatic rings. The van der Waals surface area contributed by atoms with Crippen LogP contribution in [-0.2, 0) is 4.74 Å². The Bertz CT molecular complexity index is 144. The van der Waals surface area contributed by atoms with Gasteiger partial charge in [0.05, 0.1) is 6.61 Å². The molecule has 3 heteroatoms. The van der Waals surface area contributed by atoms with Crippen LogP contribution in [0.2, 0.25) is 0 Å². The minimum Gasteiger partial charge on any atom is -0.396 e. The van der Waals surface area contributed by atoms with E-state index in [0.717, 1.165) is 6.54 Å². The predicted molar refractivity (Wildman–Crippen MR) is 54.8 cm³/mol. The summed E-state index contributed by atoms with van der Waals surface area (Å²) in [5, 5.41) is 12.4. The van der Waals surface area contributed by atoms with Crippen molar-refractivity contribution in [3.05, 3.63) is 0 Å². The lowest BCUT2D eigenvalue weighted by Crippen LogP contribution is -2.48. The minimum absolute atomic E-state index is 0.0266. The van der Waals surface area contributed by atoms with Crippen molar-refractivity contribution < 1.29 is 9.84 Å². The average molecular weight is 189 g/mol. The van der Waals surface area contributed by atoms with Crippen LogP contribution >= 0.6 is 0 Å². The molecule has 0 aromatic heterocycles. The number of aliphatic hydroxyl groups is 1. The molecule has 80 valence electrons. The van der Waals surface area contributed by atoms with Crippen LogP contribution in [0.3, 0.4) is 0 Å². The maximum Gasteiger partial charge on any atom is 0.0639 e. The Morgan fingerprint density at radius 2 is 1.77 bits per heavy atom. The van der Waals surface area contributed by atoms with Gasteiger partial charge in [0, 0.05) is 31.2 Å². The Morgan fingerprint density at radius 3 is 2.15 bits per heavy atom. The molecule has 3 nitrogen and oxygen atoms in total. The largest absolute Gasteiger partial charge is 0.396 e. The second kappa shape index (κ2) is 4.94. The van der Waals surface area contributed by atoms with Crippen LogP contribution in [0.4, 0.5) is 0 Å². The number of hydrogen-bond acceptors (Lipinski definition) is 3. The van der Waals surface area contributed by atoms with E-state index in [-0.39, 0.29) is 17.6 Å². The van der Waals surface area contributed by atoms with Crippen molar-refractivity contribution in [3.63, 3.8) is 0 Å². The topological polar surface area (TPSA) is 41.5 Å². The molecular formula is C10H23NO2. The van der Waals surface area contributed by atoms with Gasteiger partial charge in [-0.25, -0.2) is 0 Å². The summed E-state index contributed by atoms with van der Waals surface area (Å²) in [5.41, 5.74) is -0.0911. The zero-order chi connectivity index (χ0) is 10.5. The van der Waals surface area contributed by atoms with Crippen LogP contribution in [0.15, 0.2) is 0 Å². The van der Waals surface area contributed by atoms with E-state index in [1.807, 2.05) is 13.8 Å². The summed E-state index contributed by atoms with van der Waals surface area (Å²) in [7, 11) is 1.70. The molecule has 0 amide bonds. The van der Waals surface area contributed by atoms with Gasteiger partial charge in [-0.1, -0.05) is 13.8 Å². The minimum atomic E-state index is -0.0645. The molecule has 13 heavy (non-hydrogen) atoms. The van der Waals surface area contributed by atoms with Gasteiger partial charge in [0.25, 0.3) is 0 Å². The Hall–Kier alpha value is -0.120. The summed E-state index contributed by atoms with van der Waals surface area (Å²) < 4.78 is 5.08. The van der Waals surface area contributed by atoms with Crippen molar-refractivity contribution in [1.82, 2.24) is 5.32 Å². The van der Waals surface area contributed by atoms with Gasteiger partial charge in [0.2, 0.25) is 0 Å². The number of aliphatic hydroxyl groups excluding tert-OH is 1. The Morgan fingerprint density at radius 1 is 1.23 bits per heavy atom. The molecule has 0 unspecified atom stereocenters. The number of rotatable bonds is 6. The van der Waals surface area contributed by atoms with E-state index >= 15 is 0 Å². The Kier molecular flexibility index (Phi) is 4.89. The highest BCUT2D eigenvalue weighted by molar-refractivity contribution is 4.81. The highest BCUT2D eigenvalue weighted by Crippen LogP contribution is 2.13. The second-order valence-corrected chi connectivity index (χ2v) is 4.99. The summed E-state index contributed by atoms with van der Waals surface area (Å²) in [5.74, 6) is 0. The number of ether oxygens (including phenoxy) is 1. The molecule has 0 fully saturated rings. The average Bonchev–Trinajstić information content (AvgIpc) is 2.02. The van der Waals surface area contributed by atoms with E-state index in [4.69, 9.17) is 9.84 Å². The third-order valence-corrected chi connectivity index (χ3v) is 1.98. The monoisotopic (exact) mass is 189 g/mol. The lowest BCUT2D eigenvalue weighted by Gasteiger charge is -2.31. The molecule has 0 aromatic carbocycles. The van der Waals surface area contributed by atoms with E-state index in [0.29, 0.717) is 6.61 Å². The molecule has 0 bridgehead atoms. The summed E-state index contributed by atoms with van der Waals surface area (Å²) in [4.78, 5) is 0. The standard InChI is InChI=1S/C10H23NO2/c1-9(2,7-12)6-11-10(3,4)8-13-5/h11-12H,6-8H2,1-5H3. The lowest BCUT2D eigenvalue weighted by atomic mass is 9.93. The fourth-order valence-electron chi connectivity index (χ4n) is 0.946. The zero-order valence-corrected chi connectivity index (χ0v) is 9.48. The van der Waals surface area contributed by atoms with Crippen molar-refractivity contribution in [2.45, 2.75) is 33.2 Å². The first-order valence-corrected chi connectivity index (χ1v) is 4.68. The molecule has 0 aromatic rings. The first-order chi connectivity index (χ1) is 5.83. The van der Waals surface area contributed by atoms with Crippen molar-refractivity contribution >= 4 is 0 Å². The van der Waals surface area contributed by atoms with Gasteiger partial charge < -0.3 is 15.2 Å². The molecule has 0 spiro atoms. The third-order valence-electron chi connectivity index (χ3n) is 1.98. The maximum absolute atomic E-state index is 9.05. The van der Waals surface area contributed by atoms with E-state index in [2.05, 4.69) is 19.2 Å². The molecule has 0 heterocycles. The number of methoxy groups -OCH3 is 1. The Labute approximate surface area is 81.5 Å². The molecular weight excluding hydrogens is 166 g/mol. The second-order valence-electron chi connectivity index (χ2n) is 4.99. The summed E-state index contributed by atoms with van der Waals surface area (Å²) in [6.45, 7) is 9.90. The quantitative estimate of drug-likeness (QED) is 0.655. The van der Waals surface area contributed by atoms with Crippen molar-refractivity contribution in [2.24, 2.45) is 5.41 Å². The fraction of sp³-hybridized carbons (Fsp3) is 1.00. The van der Waals surface area contributed by atoms with Gasteiger partial charge in [-0.05, 0) is 13.8 Å².